The number of para-hydroxylation sites is 1. The molecule has 0 atom stereocenters. The summed E-state index contributed by atoms with van der Waals surface area (Å²) in [6.45, 7) is 6.92. The second-order valence-electron chi connectivity index (χ2n) is 6.68. The molecule has 0 spiro atoms. The van der Waals surface area contributed by atoms with Gasteiger partial charge in [-0.3, -0.25) is 0 Å². The van der Waals surface area contributed by atoms with E-state index in [4.69, 9.17) is 13.9 Å². The van der Waals surface area contributed by atoms with E-state index in [1.807, 2.05) is 18.2 Å². The van der Waals surface area contributed by atoms with Gasteiger partial charge in [0.1, 0.15) is 11.5 Å². The molecule has 1 aliphatic rings. The molecule has 0 radical (unpaired) electrons. The molecule has 1 aromatic carbocycles. The van der Waals surface area contributed by atoms with Crippen LogP contribution in [0.1, 0.15) is 42.6 Å². The number of nitrogens with zero attached hydrogens (tertiary/aromatic N) is 1. The average molecular weight is 341 g/mol. The third kappa shape index (κ3) is 3.02. The van der Waals surface area contributed by atoms with Crippen LogP contribution in [0.4, 0.5) is 5.69 Å². The minimum absolute atomic E-state index is 0.208. The molecule has 3 rings (SSSR count). The first-order chi connectivity index (χ1) is 11.9. The lowest BCUT2D eigenvalue weighted by Gasteiger charge is -2.43. The van der Waals surface area contributed by atoms with Crippen LogP contribution in [0.15, 0.2) is 40.8 Å². The Morgan fingerprint density at radius 2 is 1.96 bits per heavy atom. The van der Waals surface area contributed by atoms with Crippen molar-refractivity contribution in [2.45, 2.75) is 32.9 Å². The van der Waals surface area contributed by atoms with Crippen LogP contribution in [0.2, 0.25) is 0 Å². The van der Waals surface area contributed by atoms with Gasteiger partial charge in [-0.05, 0) is 44.5 Å². The van der Waals surface area contributed by atoms with Crippen molar-refractivity contribution < 1.29 is 18.7 Å². The van der Waals surface area contributed by atoms with Crippen LogP contribution in [0, 0.1) is 0 Å². The maximum Gasteiger partial charge on any atom is 0.373 e. The van der Waals surface area contributed by atoms with E-state index >= 15 is 0 Å². The molecule has 0 N–H and O–H groups in total. The number of furan rings is 1. The Morgan fingerprint density at radius 1 is 1.20 bits per heavy atom. The molecule has 5 nitrogen and oxygen atoms in total. The van der Waals surface area contributed by atoms with Gasteiger partial charge in [-0.25, -0.2) is 4.79 Å². The lowest BCUT2D eigenvalue weighted by Crippen LogP contribution is -2.44. The number of fused-ring (bicyclic) bond motifs is 1. The molecule has 2 heterocycles. The van der Waals surface area contributed by atoms with Crippen molar-refractivity contribution in [3.8, 4) is 5.75 Å². The van der Waals surface area contributed by atoms with E-state index in [0.717, 1.165) is 17.0 Å². The summed E-state index contributed by atoms with van der Waals surface area (Å²) >= 11 is 0. The Hall–Kier alpha value is -2.69. The second kappa shape index (κ2) is 6.31. The molecule has 0 bridgehead atoms. The van der Waals surface area contributed by atoms with Gasteiger partial charge in [0.15, 0.2) is 0 Å². The first-order valence-electron chi connectivity index (χ1n) is 8.19. The highest BCUT2D eigenvalue weighted by molar-refractivity contribution is 5.86. The van der Waals surface area contributed by atoms with Gasteiger partial charge in [0.25, 0.3) is 0 Å². The fourth-order valence-corrected chi connectivity index (χ4v) is 3.37. The monoisotopic (exact) mass is 341 g/mol. The van der Waals surface area contributed by atoms with Gasteiger partial charge < -0.3 is 18.8 Å². The van der Waals surface area contributed by atoms with Gasteiger partial charge in [-0.2, -0.15) is 0 Å². The third-order valence-electron chi connectivity index (χ3n) is 4.54. The van der Waals surface area contributed by atoms with E-state index in [0.29, 0.717) is 12.3 Å². The number of carbonyl (C=O) groups excluding carboxylic acids is 1. The van der Waals surface area contributed by atoms with Gasteiger partial charge in [0.2, 0.25) is 5.76 Å². The summed E-state index contributed by atoms with van der Waals surface area (Å²) in [6, 6.07) is 9.50. The van der Waals surface area contributed by atoms with E-state index in [9.17, 15) is 4.79 Å². The molecule has 0 saturated heterocycles. The molecular formula is C20H23NO4. The van der Waals surface area contributed by atoms with Crippen molar-refractivity contribution >= 4 is 17.2 Å². The highest BCUT2D eigenvalue weighted by Crippen LogP contribution is 2.45. The molecule has 0 unspecified atom stereocenters. The Kier molecular flexibility index (Phi) is 4.33. The lowest BCUT2D eigenvalue weighted by molar-refractivity contribution is 0.0563. The van der Waals surface area contributed by atoms with E-state index < -0.39 is 5.97 Å². The Morgan fingerprint density at radius 3 is 2.64 bits per heavy atom. The summed E-state index contributed by atoms with van der Waals surface area (Å²) in [7, 11) is 3.02. The molecule has 0 saturated carbocycles. The molecule has 1 aromatic heterocycles. The van der Waals surface area contributed by atoms with Crippen LogP contribution in [0.25, 0.3) is 5.57 Å². The molecule has 5 heteroatoms. The zero-order chi connectivity index (χ0) is 18.2. The maximum absolute atomic E-state index is 11.6. The van der Waals surface area contributed by atoms with Crippen molar-refractivity contribution in [2.24, 2.45) is 0 Å². The average Bonchev–Trinajstić information content (AvgIpc) is 3.05. The standard InChI is InChI=1S/C20H23NO4/c1-13-11-20(2,3)21(18-15(13)7-6-8-16(18)23-4)12-14-9-10-17(25-14)19(22)24-5/h6-11H,12H2,1-5H3. The number of benzene rings is 1. The summed E-state index contributed by atoms with van der Waals surface area (Å²) in [5.41, 5.74) is 3.15. The topological polar surface area (TPSA) is 51.9 Å². The highest BCUT2D eigenvalue weighted by Gasteiger charge is 2.34. The molecule has 0 aliphatic carbocycles. The smallest absolute Gasteiger partial charge is 0.373 e. The van der Waals surface area contributed by atoms with Crippen LogP contribution in [0.5, 0.6) is 5.75 Å². The first kappa shape index (κ1) is 17.1. The van der Waals surface area contributed by atoms with Gasteiger partial charge in [0.05, 0.1) is 32.0 Å². The van der Waals surface area contributed by atoms with Crippen LogP contribution in [-0.4, -0.2) is 25.7 Å². The van der Waals surface area contributed by atoms with Gasteiger partial charge in [0, 0.05) is 5.56 Å². The number of carbonyl (C=O) groups is 1. The number of anilines is 1. The van der Waals surface area contributed by atoms with Crippen LogP contribution < -0.4 is 9.64 Å². The summed E-state index contributed by atoms with van der Waals surface area (Å²) in [5.74, 6) is 1.24. The number of hydrogen-bond donors (Lipinski definition) is 0. The molecule has 25 heavy (non-hydrogen) atoms. The predicted octanol–water partition coefficient (Wildman–Crippen LogP) is 4.28. The zero-order valence-electron chi connectivity index (χ0n) is 15.3. The van der Waals surface area contributed by atoms with Gasteiger partial charge >= 0.3 is 5.97 Å². The Balaban J connectivity index is 2.03. The summed E-state index contributed by atoms with van der Waals surface area (Å²) in [6.07, 6.45) is 2.24. The molecule has 0 fully saturated rings. The van der Waals surface area contributed by atoms with Gasteiger partial charge in [-0.1, -0.05) is 18.2 Å². The summed E-state index contributed by atoms with van der Waals surface area (Å²) < 4.78 is 16.0. The van der Waals surface area contributed by atoms with Crippen LogP contribution >= 0.6 is 0 Å². The normalized spacial score (nSPS) is 15.4. The van der Waals surface area contributed by atoms with Crippen molar-refractivity contribution in [1.82, 2.24) is 0 Å². The predicted molar refractivity (Wildman–Crippen MR) is 97.0 cm³/mol. The van der Waals surface area contributed by atoms with E-state index in [-0.39, 0.29) is 11.3 Å². The minimum Gasteiger partial charge on any atom is -0.495 e. The van der Waals surface area contributed by atoms with Crippen LogP contribution in [0.3, 0.4) is 0 Å². The fraction of sp³-hybridized carbons (Fsp3) is 0.350. The molecule has 1 aliphatic heterocycles. The quantitative estimate of drug-likeness (QED) is 0.777. The lowest BCUT2D eigenvalue weighted by atomic mass is 9.88. The Labute approximate surface area is 147 Å². The minimum atomic E-state index is -0.474. The van der Waals surface area contributed by atoms with Gasteiger partial charge in [-0.15, -0.1) is 0 Å². The summed E-state index contributed by atoms with van der Waals surface area (Å²) in [5, 5.41) is 0. The van der Waals surface area contributed by atoms with E-state index in [1.54, 1.807) is 13.2 Å². The molecule has 0 amide bonds. The maximum atomic E-state index is 11.6. The highest BCUT2D eigenvalue weighted by atomic mass is 16.5. The second-order valence-corrected chi connectivity index (χ2v) is 6.68. The third-order valence-corrected chi connectivity index (χ3v) is 4.54. The number of methoxy groups -OCH3 is 2. The van der Waals surface area contributed by atoms with Crippen molar-refractivity contribution in [2.75, 3.05) is 19.1 Å². The molecular weight excluding hydrogens is 318 g/mol. The van der Waals surface area contributed by atoms with Crippen LogP contribution in [-0.2, 0) is 11.3 Å². The van der Waals surface area contributed by atoms with Crippen molar-refractivity contribution in [3.63, 3.8) is 0 Å². The molecule has 132 valence electrons. The molecule has 2 aromatic rings. The number of ether oxygens (including phenoxy) is 2. The van der Waals surface area contributed by atoms with E-state index in [2.05, 4.69) is 37.8 Å². The summed E-state index contributed by atoms with van der Waals surface area (Å²) in [4.78, 5) is 13.9. The number of allylic oxidation sites excluding steroid dienone is 1. The van der Waals surface area contributed by atoms with E-state index in [1.165, 1.54) is 12.7 Å². The zero-order valence-corrected chi connectivity index (χ0v) is 15.3. The number of hydrogen-bond acceptors (Lipinski definition) is 5. The van der Waals surface area contributed by atoms with Crippen molar-refractivity contribution in [3.05, 3.63) is 53.5 Å². The SMILES string of the molecule is COC(=O)c1ccc(CN2c3c(OC)cccc3C(C)=CC2(C)C)o1. The number of rotatable bonds is 4. The first-order valence-corrected chi connectivity index (χ1v) is 8.19. The van der Waals surface area contributed by atoms with Crippen molar-refractivity contribution in [1.29, 1.82) is 0 Å². The Bertz CT molecular complexity index is 832. The fourth-order valence-electron chi connectivity index (χ4n) is 3.37. The largest absolute Gasteiger partial charge is 0.495 e. The number of esters is 1.